The SMILES string of the molecule is C=[N+](C)[C@]1(I)OC(C)=CC(C)O1. The van der Waals surface area contributed by atoms with Crippen LogP contribution in [0.4, 0.5) is 0 Å². The van der Waals surface area contributed by atoms with Crippen molar-refractivity contribution < 1.29 is 14.0 Å². The van der Waals surface area contributed by atoms with Crippen molar-refractivity contribution in [1.82, 2.24) is 0 Å². The molecule has 0 saturated carbocycles. The zero-order valence-electron chi connectivity index (χ0n) is 7.50. The van der Waals surface area contributed by atoms with Gasteiger partial charge in [0.15, 0.2) is 0 Å². The predicted molar refractivity (Wildman–Crippen MR) is 55.4 cm³/mol. The van der Waals surface area contributed by atoms with Crippen molar-refractivity contribution in [2.75, 3.05) is 7.05 Å². The van der Waals surface area contributed by atoms with Crippen LogP contribution in [0, 0.1) is 0 Å². The summed E-state index contributed by atoms with van der Waals surface area (Å²) in [6, 6.07) is 0. The average Bonchev–Trinajstić information content (AvgIpc) is 1.82. The molecule has 0 fully saturated rings. The molecule has 1 rings (SSSR count). The number of ether oxygens (including phenoxy) is 2. The number of hydrogen-bond acceptors (Lipinski definition) is 2. The normalized spacial score (nSPS) is 35.3. The third kappa shape index (κ3) is 1.98. The molecule has 0 bridgehead atoms. The zero-order chi connectivity index (χ0) is 9.35. The molecule has 4 heteroatoms. The van der Waals surface area contributed by atoms with Gasteiger partial charge >= 0.3 is 3.92 Å². The number of halogens is 1. The van der Waals surface area contributed by atoms with Crippen molar-refractivity contribution in [3.63, 3.8) is 0 Å². The first kappa shape index (κ1) is 9.98. The summed E-state index contributed by atoms with van der Waals surface area (Å²) in [5.74, 6) is 0.874. The first-order chi connectivity index (χ1) is 5.44. The molecule has 1 unspecified atom stereocenters. The Morgan fingerprint density at radius 1 is 1.75 bits per heavy atom. The lowest BCUT2D eigenvalue weighted by Crippen LogP contribution is -2.43. The van der Waals surface area contributed by atoms with Gasteiger partial charge in [0, 0.05) is 0 Å². The highest BCUT2D eigenvalue weighted by Gasteiger charge is 2.43. The molecular weight excluding hydrogens is 269 g/mol. The van der Waals surface area contributed by atoms with Gasteiger partial charge in [-0.05, 0) is 19.9 Å². The molecule has 3 nitrogen and oxygen atoms in total. The van der Waals surface area contributed by atoms with E-state index in [-0.39, 0.29) is 6.10 Å². The minimum Gasteiger partial charge on any atom is -0.407 e. The molecule has 68 valence electrons. The predicted octanol–water partition coefficient (Wildman–Crippen LogP) is 1.71. The number of alkyl halides is 1. The molecule has 0 spiro atoms. The van der Waals surface area contributed by atoms with Gasteiger partial charge in [-0.15, -0.1) is 0 Å². The van der Waals surface area contributed by atoms with Gasteiger partial charge < -0.3 is 4.74 Å². The summed E-state index contributed by atoms with van der Waals surface area (Å²) < 4.78 is 12.0. The lowest BCUT2D eigenvalue weighted by atomic mass is 10.3. The highest BCUT2D eigenvalue weighted by molar-refractivity contribution is 14.1. The fraction of sp³-hybridized carbons (Fsp3) is 0.625. The molecule has 12 heavy (non-hydrogen) atoms. The summed E-state index contributed by atoms with van der Waals surface area (Å²) in [5.41, 5.74) is 0. The van der Waals surface area contributed by atoms with E-state index >= 15 is 0 Å². The van der Waals surface area contributed by atoms with Gasteiger partial charge in [-0.25, -0.2) is 0 Å². The molecule has 1 aliphatic heterocycles. The quantitative estimate of drug-likeness (QED) is 0.240. The maximum Gasteiger partial charge on any atom is 0.479 e. The van der Waals surface area contributed by atoms with Crippen molar-refractivity contribution in [2.45, 2.75) is 23.9 Å². The summed E-state index contributed by atoms with van der Waals surface area (Å²) in [6.45, 7) is 7.64. The van der Waals surface area contributed by atoms with Gasteiger partial charge in [-0.1, -0.05) is 0 Å². The molecule has 0 N–H and O–H groups in total. The highest BCUT2D eigenvalue weighted by Crippen LogP contribution is 2.31. The van der Waals surface area contributed by atoms with Gasteiger partial charge in [0.25, 0.3) is 0 Å². The minimum atomic E-state index is -0.754. The Hall–Kier alpha value is -0.100. The van der Waals surface area contributed by atoms with Crippen LogP contribution >= 0.6 is 22.6 Å². The number of rotatable bonds is 1. The van der Waals surface area contributed by atoms with Crippen molar-refractivity contribution in [3.05, 3.63) is 11.8 Å². The molecule has 0 saturated heterocycles. The third-order valence-corrected chi connectivity index (χ3v) is 2.84. The highest BCUT2D eigenvalue weighted by atomic mass is 127. The standard InChI is InChI=1S/C8H13INO2/c1-6-5-7(2)12-8(9,11-6)10(3)4/h5-6H,3H2,1-2,4H3/q+1/t6?,8-/m0/s1. The van der Waals surface area contributed by atoms with Crippen LogP contribution in [0.15, 0.2) is 11.8 Å². The fourth-order valence-electron chi connectivity index (χ4n) is 1.02. The summed E-state index contributed by atoms with van der Waals surface area (Å²) in [7, 11) is 1.82. The van der Waals surface area contributed by atoms with Crippen LogP contribution in [-0.2, 0) is 9.47 Å². The fourth-order valence-corrected chi connectivity index (χ4v) is 1.77. The average molecular weight is 282 g/mol. The molecule has 0 radical (unpaired) electrons. The first-order valence-electron chi connectivity index (χ1n) is 3.72. The molecule has 0 aromatic heterocycles. The van der Waals surface area contributed by atoms with Crippen LogP contribution in [0.3, 0.4) is 0 Å². The second-order valence-electron chi connectivity index (χ2n) is 2.91. The Morgan fingerprint density at radius 2 is 2.33 bits per heavy atom. The van der Waals surface area contributed by atoms with E-state index < -0.39 is 3.92 Å². The second kappa shape index (κ2) is 3.33. The third-order valence-electron chi connectivity index (χ3n) is 1.54. The van der Waals surface area contributed by atoms with Crippen LogP contribution in [0.1, 0.15) is 13.8 Å². The number of allylic oxidation sites excluding steroid dienone is 1. The summed E-state index contributed by atoms with van der Waals surface area (Å²) in [6.07, 6.45) is 2.00. The van der Waals surface area contributed by atoms with Gasteiger partial charge in [0.1, 0.15) is 19.5 Å². The van der Waals surface area contributed by atoms with Crippen LogP contribution in [0.25, 0.3) is 0 Å². The van der Waals surface area contributed by atoms with Crippen molar-refractivity contribution in [3.8, 4) is 0 Å². The van der Waals surface area contributed by atoms with Gasteiger partial charge in [0.05, 0.1) is 28.7 Å². The maximum absolute atomic E-state index is 5.56. The van der Waals surface area contributed by atoms with E-state index in [1.54, 1.807) is 4.58 Å². The topological polar surface area (TPSA) is 21.5 Å². The molecule has 0 aromatic carbocycles. The Kier molecular flexibility index (Phi) is 2.77. The maximum atomic E-state index is 5.56. The molecule has 0 aliphatic carbocycles. The van der Waals surface area contributed by atoms with E-state index in [1.165, 1.54) is 0 Å². The Labute approximate surface area is 86.2 Å². The van der Waals surface area contributed by atoms with Gasteiger partial charge in [-0.2, -0.15) is 4.58 Å². The Morgan fingerprint density at radius 3 is 2.75 bits per heavy atom. The van der Waals surface area contributed by atoms with Gasteiger partial charge in [0.2, 0.25) is 0 Å². The number of hydrogen-bond donors (Lipinski definition) is 0. The second-order valence-corrected chi connectivity index (χ2v) is 4.27. The van der Waals surface area contributed by atoms with E-state index in [0.29, 0.717) is 0 Å². The van der Waals surface area contributed by atoms with Gasteiger partial charge in [-0.3, -0.25) is 4.74 Å². The first-order valence-corrected chi connectivity index (χ1v) is 4.80. The summed E-state index contributed by atoms with van der Waals surface area (Å²) >= 11 is 2.09. The molecule has 2 atom stereocenters. The van der Waals surface area contributed by atoms with E-state index in [9.17, 15) is 0 Å². The van der Waals surface area contributed by atoms with Crippen LogP contribution in [-0.4, -0.2) is 28.4 Å². The smallest absolute Gasteiger partial charge is 0.407 e. The molecule has 1 heterocycles. The van der Waals surface area contributed by atoms with E-state index in [2.05, 4.69) is 29.3 Å². The lowest BCUT2D eigenvalue weighted by Gasteiger charge is -2.29. The minimum absolute atomic E-state index is 0.0693. The lowest BCUT2D eigenvalue weighted by molar-refractivity contribution is -0.650. The van der Waals surface area contributed by atoms with E-state index in [1.807, 2.05) is 27.0 Å². The number of nitrogens with zero attached hydrogens (tertiary/aromatic N) is 1. The van der Waals surface area contributed by atoms with Crippen molar-refractivity contribution in [1.29, 1.82) is 0 Å². The largest absolute Gasteiger partial charge is 0.479 e. The monoisotopic (exact) mass is 282 g/mol. The van der Waals surface area contributed by atoms with E-state index in [0.717, 1.165) is 5.76 Å². The van der Waals surface area contributed by atoms with Crippen LogP contribution in [0.5, 0.6) is 0 Å². The Bertz CT molecular complexity index is 239. The van der Waals surface area contributed by atoms with Crippen LogP contribution < -0.4 is 0 Å². The Balaban J connectivity index is 2.85. The molecule has 1 aliphatic rings. The van der Waals surface area contributed by atoms with Crippen molar-refractivity contribution in [2.24, 2.45) is 0 Å². The molecule has 0 amide bonds. The molecule has 0 aromatic rings. The molecular formula is C8H13INO2+. The summed E-state index contributed by atoms with van der Waals surface area (Å²) in [4.78, 5) is 0. The van der Waals surface area contributed by atoms with Crippen molar-refractivity contribution >= 4 is 29.3 Å². The van der Waals surface area contributed by atoms with Crippen LogP contribution in [0.2, 0.25) is 0 Å². The summed E-state index contributed by atoms with van der Waals surface area (Å²) in [5, 5.41) is 0. The van der Waals surface area contributed by atoms with E-state index in [4.69, 9.17) is 9.47 Å². The zero-order valence-corrected chi connectivity index (χ0v) is 9.66.